The molecule has 0 unspecified atom stereocenters. The summed E-state index contributed by atoms with van der Waals surface area (Å²) < 4.78 is 7.11. The maximum absolute atomic E-state index is 5.95. The van der Waals surface area contributed by atoms with E-state index in [-0.39, 0.29) is 0 Å². The molecule has 2 aromatic heterocycles. The van der Waals surface area contributed by atoms with Crippen LogP contribution in [0, 0.1) is 0 Å². The van der Waals surface area contributed by atoms with Gasteiger partial charge in [0.1, 0.15) is 10.8 Å². The van der Waals surface area contributed by atoms with Crippen molar-refractivity contribution in [2.24, 2.45) is 0 Å². The molecular formula is C18H14ClN5OS2. The molecule has 0 amide bonds. The van der Waals surface area contributed by atoms with E-state index >= 15 is 0 Å². The Morgan fingerprint density at radius 2 is 1.96 bits per heavy atom. The van der Waals surface area contributed by atoms with Crippen LogP contribution in [0.4, 0.5) is 0 Å². The number of tetrazole rings is 1. The molecule has 0 aliphatic heterocycles. The van der Waals surface area contributed by atoms with Crippen molar-refractivity contribution < 1.29 is 4.74 Å². The number of rotatable bonds is 6. The normalized spacial score (nSPS) is 10.9. The fraction of sp³-hybridized carbons (Fsp3) is 0.111. The van der Waals surface area contributed by atoms with Crippen molar-refractivity contribution in [3.63, 3.8) is 0 Å². The van der Waals surface area contributed by atoms with Gasteiger partial charge in [-0.15, -0.1) is 16.4 Å². The number of aromatic nitrogens is 5. The third-order valence-electron chi connectivity index (χ3n) is 3.75. The molecule has 27 heavy (non-hydrogen) atoms. The van der Waals surface area contributed by atoms with E-state index in [0.29, 0.717) is 15.9 Å². The number of methoxy groups -OCH3 is 1. The molecule has 0 aliphatic carbocycles. The van der Waals surface area contributed by atoms with Crippen molar-refractivity contribution in [1.82, 2.24) is 25.2 Å². The number of thiazole rings is 1. The van der Waals surface area contributed by atoms with Gasteiger partial charge in [-0.05, 0) is 46.8 Å². The highest BCUT2D eigenvalue weighted by Crippen LogP contribution is 2.33. The average Bonchev–Trinajstić information content (AvgIpc) is 3.36. The van der Waals surface area contributed by atoms with Crippen LogP contribution in [0.1, 0.15) is 5.69 Å². The standard InChI is InChI=1S/C18H14ClN5OS2/c1-25-16-5-3-2-4-15(16)17-20-13(10-26-17)11-27-18-21-22-23-24(18)14-8-6-12(19)7-9-14/h2-10H,11H2,1H3. The molecule has 2 heterocycles. The van der Waals surface area contributed by atoms with E-state index < -0.39 is 0 Å². The molecule has 4 aromatic rings. The summed E-state index contributed by atoms with van der Waals surface area (Å²) in [7, 11) is 1.67. The number of ether oxygens (including phenoxy) is 1. The van der Waals surface area contributed by atoms with Crippen LogP contribution in [-0.4, -0.2) is 32.3 Å². The molecule has 0 radical (unpaired) electrons. The van der Waals surface area contributed by atoms with E-state index in [1.807, 2.05) is 53.9 Å². The van der Waals surface area contributed by atoms with Crippen LogP contribution in [0.5, 0.6) is 5.75 Å². The van der Waals surface area contributed by atoms with Gasteiger partial charge in [0.05, 0.1) is 24.1 Å². The van der Waals surface area contributed by atoms with Gasteiger partial charge in [0.2, 0.25) is 5.16 Å². The van der Waals surface area contributed by atoms with Crippen molar-refractivity contribution in [2.45, 2.75) is 10.9 Å². The van der Waals surface area contributed by atoms with Gasteiger partial charge in [-0.3, -0.25) is 0 Å². The third-order valence-corrected chi connectivity index (χ3v) is 5.88. The van der Waals surface area contributed by atoms with Crippen LogP contribution >= 0.6 is 34.7 Å². The van der Waals surface area contributed by atoms with E-state index in [2.05, 4.69) is 15.5 Å². The van der Waals surface area contributed by atoms with Gasteiger partial charge in [0, 0.05) is 16.2 Å². The van der Waals surface area contributed by atoms with E-state index in [9.17, 15) is 0 Å². The van der Waals surface area contributed by atoms with Crippen molar-refractivity contribution in [2.75, 3.05) is 7.11 Å². The number of benzene rings is 2. The predicted octanol–water partition coefficient (Wildman–Crippen LogP) is 4.74. The molecule has 4 rings (SSSR count). The lowest BCUT2D eigenvalue weighted by atomic mass is 10.2. The zero-order valence-corrected chi connectivity index (χ0v) is 16.6. The maximum atomic E-state index is 5.95. The Kier molecular flexibility index (Phi) is 5.38. The van der Waals surface area contributed by atoms with Gasteiger partial charge in [-0.2, -0.15) is 4.68 Å². The summed E-state index contributed by atoms with van der Waals surface area (Å²) in [5.41, 5.74) is 2.82. The Labute approximate surface area is 169 Å². The van der Waals surface area contributed by atoms with Crippen LogP contribution in [0.15, 0.2) is 59.1 Å². The minimum absolute atomic E-state index is 0.666. The van der Waals surface area contributed by atoms with Crippen LogP contribution in [0.3, 0.4) is 0 Å². The van der Waals surface area contributed by atoms with Crippen molar-refractivity contribution in [3.05, 3.63) is 64.6 Å². The molecule has 0 N–H and O–H groups in total. The molecular weight excluding hydrogens is 402 g/mol. The van der Waals surface area contributed by atoms with Gasteiger partial charge in [0.15, 0.2) is 0 Å². The van der Waals surface area contributed by atoms with Crippen LogP contribution in [-0.2, 0) is 5.75 Å². The Balaban J connectivity index is 1.50. The van der Waals surface area contributed by atoms with E-state index in [4.69, 9.17) is 21.3 Å². The molecule has 0 aliphatic rings. The van der Waals surface area contributed by atoms with Gasteiger partial charge in [-0.1, -0.05) is 35.5 Å². The summed E-state index contributed by atoms with van der Waals surface area (Å²) in [6.45, 7) is 0. The number of nitrogens with zero attached hydrogens (tertiary/aromatic N) is 5. The largest absolute Gasteiger partial charge is 0.496 e. The number of hydrogen-bond donors (Lipinski definition) is 0. The molecule has 9 heteroatoms. The number of thioether (sulfide) groups is 1. The summed E-state index contributed by atoms with van der Waals surface area (Å²) in [6.07, 6.45) is 0. The Hall–Kier alpha value is -2.42. The second-order valence-electron chi connectivity index (χ2n) is 5.48. The van der Waals surface area contributed by atoms with Crippen molar-refractivity contribution >= 4 is 34.7 Å². The van der Waals surface area contributed by atoms with E-state index in [1.54, 1.807) is 23.1 Å². The predicted molar refractivity (Wildman–Crippen MR) is 108 cm³/mol. The molecule has 6 nitrogen and oxygen atoms in total. The first-order valence-corrected chi connectivity index (χ1v) is 10.2. The van der Waals surface area contributed by atoms with Gasteiger partial charge < -0.3 is 4.74 Å². The zero-order valence-electron chi connectivity index (χ0n) is 14.2. The van der Waals surface area contributed by atoms with Crippen LogP contribution in [0.2, 0.25) is 5.02 Å². The van der Waals surface area contributed by atoms with Gasteiger partial charge in [0.25, 0.3) is 0 Å². The Morgan fingerprint density at radius 1 is 1.15 bits per heavy atom. The monoisotopic (exact) mass is 415 g/mol. The highest BCUT2D eigenvalue weighted by molar-refractivity contribution is 7.98. The van der Waals surface area contributed by atoms with E-state index in [1.165, 1.54) is 11.8 Å². The molecule has 2 aromatic carbocycles. The summed E-state index contributed by atoms with van der Waals surface area (Å²) >= 11 is 9.07. The third kappa shape index (κ3) is 3.97. The maximum Gasteiger partial charge on any atom is 0.214 e. The van der Waals surface area contributed by atoms with E-state index in [0.717, 1.165) is 27.7 Å². The molecule has 136 valence electrons. The fourth-order valence-electron chi connectivity index (χ4n) is 2.47. The minimum atomic E-state index is 0.666. The summed E-state index contributed by atoms with van der Waals surface area (Å²) in [6, 6.07) is 15.3. The summed E-state index contributed by atoms with van der Waals surface area (Å²) in [5.74, 6) is 1.48. The summed E-state index contributed by atoms with van der Waals surface area (Å²) in [5, 5.41) is 16.3. The van der Waals surface area contributed by atoms with Crippen LogP contribution < -0.4 is 4.74 Å². The first-order valence-electron chi connectivity index (χ1n) is 7.99. The smallest absolute Gasteiger partial charge is 0.214 e. The zero-order chi connectivity index (χ0) is 18.6. The number of para-hydroxylation sites is 1. The Morgan fingerprint density at radius 3 is 2.78 bits per heavy atom. The molecule has 0 bridgehead atoms. The SMILES string of the molecule is COc1ccccc1-c1nc(CSc2nnnn2-c2ccc(Cl)cc2)cs1. The molecule has 0 atom stereocenters. The highest BCUT2D eigenvalue weighted by Gasteiger charge is 2.13. The molecule has 0 saturated heterocycles. The fourth-order valence-corrected chi connectivity index (χ4v) is 4.33. The number of hydrogen-bond acceptors (Lipinski definition) is 7. The lowest BCUT2D eigenvalue weighted by Gasteiger charge is -2.05. The lowest BCUT2D eigenvalue weighted by molar-refractivity contribution is 0.416. The lowest BCUT2D eigenvalue weighted by Crippen LogP contribution is -1.98. The molecule has 0 fully saturated rings. The highest BCUT2D eigenvalue weighted by atomic mass is 35.5. The Bertz CT molecular complexity index is 1050. The van der Waals surface area contributed by atoms with Crippen LogP contribution in [0.25, 0.3) is 16.3 Å². The van der Waals surface area contributed by atoms with Crippen molar-refractivity contribution in [3.8, 4) is 22.0 Å². The molecule has 0 spiro atoms. The first-order chi connectivity index (χ1) is 13.2. The quantitative estimate of drug-likeness (QED) is 0.424. The topological polar surface area (TPSA) is 65.7 Å². The first kappa shape index (κ1) is 18.0. The number of halogens is 1. The summed E-state index contributed by atoms with van der Waals surface area (Å²) in [4.78, 5) is 4.72. The second kappa shape index (κ2) is 8.08. The second-order valence-corrected chi connectivity index (χ2v) is 7.72. The van der Waals surface area contributed by atoms with Gasteiger partial charge in [-0.25, -0.2) is 4.98 Å². The minimum Gasteiger partial charge on any atom is -0.496 e. The molecule has 0 saturated carbocycles. The average molecular weight is 416 g/mol. The van der Waals surface area contributed by atoms with Crippen molar-refractivity contribution in [1.29, 1.82) is 0 Å². The van der Waals surface area contributed by atoms with Gasteiger partial charge >= 0.3 is 0 Å².